The standard InChI is InChI=1S/C12H12N6OS3/c1-6-4-9(19)18-11(13-6)21-8(17-18)5-20-12-16-15-10(22-12)14-7-2-3-7/h4,7H,2-3,5H2,1H3,(H,14,15). The van der Waals surface area contributed by atoms with Crippen molar-refractivity contribution in [1.29, 1.82) is 0 Å². The summed E-state index contributed by atoms with van der Waals surface area (Å²) >= 11 is 4.57. The predicted molar refractivity (Wildman–Crippen MR) is 88.0 cm³/mol. The summed E-state index contributed by atoms with van der Waals surface area (Å²) in [5.41, 5.74) is 0.578. The van der Waals surface area contributed by atoms with Crippen LogP contribution in [-0.2, 0) is 5.75 Å². The molecular weight excluding hydrogens is 340 g/mol. The van der Waals surface area contributed by atoms with E-state index < -0.39 is 0 Å². The van der Waals surface area contributed by atoms with Crippen molar-refractivity contribution in [2.75, 3.05) is 5.32 Å². The number of nitrogens with one attached hydrogen (secondary N) is 1. The lowest BCUT2D eigenvalue weighted by Crippen LogP contribution is -2.14. The van der Waals surface area contributed by atoms with Crippen molar-refractivity contribution in [2.24, 2.45) is 0 Å². The quantitative estimate of drug-likeness (QED) is 0.704. The molecule has 0 amide bonds. The van der Waals surface area contributed by atoms with Gasteiger partial charge in [-0.15, -0.1) is 10.2 Å². The molecular formula is C12H12N6OS3. The Labute approximate surface area is 137 Å². The van der Waals surface area contributed by atoms with E-state index in [0.29, 0.717) is 22.4 Å². The zero-order valence-corrected chi connectivity index (χ0v) is 14.1. The summed E-state index contributed by atoms with van der Waals surface area (Å²) in [7, 11) is 0. The molecule has 22 heavy (non-hydrogen) atoms. The number of fused-ring (bicyclic) bond motifs is 1. The van der Waals surface area contributed by atoms with E-state index in [1.807, 2.05) is 6.92 Å². The highest BCUT2D eigenvalue weighted by molar-refractivity contribution is 8.00. The van der Waals surface area contributed by atoms with Crippen molar-refractivity contribution in [3.63, 3.8) is 0 Å². The molecule has 1 aliphatic rings. The molecule has 114 valence electrons. The van der Waals surface area contributed by atoms with E-state index in [9.17, 15) is 4.79 Å². The van der Waals surface area contributed by atoms with Crippen molar-refractivity contribution in [3.8, 4) is 0 Å². The van der Waals surface area contributed by atoms with Crippen LogP contribution >= 0.6 is 34.4 Å². The Hall–Kier alpha value is -1.52. The summed E-state index contributed by atoms with van der Waals surface area (Å²) in [5.74, 6) is 0.657. The van der Waals surface area contributed by atoms with E-state index in [4.69, 9.17) is 0 Å². The molecule has 0 spiro atoms. The smallest absolute Gasteiger partial charge is 0.275 e. The molecule has 0 radical (unpaired) electrons. The van der Waals surface area contributed by atoms with Gasteiger partial charge in [0, 0.05) is 17.8 Å². The average molecular weight is 352 g/mol. The molecule has 10 heteroatoms. The van der Waals surface area contributed by atoms with E-state index in [0.717, 1.165) is 14.5 Å². The molecule has 1 N–H and O–H groups in total. The third-order valence-corrected chi connectivity index (χ3v) is 6.14. The zero-order valence-electron chi connectivity index (χ0n) is 11.6. The van der Waals surface area contributed by atoms with Crippen molar-refractivity contribution in [1.82, 2.24) is 24.8 Å². The van der Waals surface area contributed by atoms with Crippen molar-refractivity contribution in [2.45, 2.75) is 35.9 Å². The molecule has 1 aliphatic carbocycles. The number of aryl methyl sites for hydroxylation is 1. The molecule has 7 nitrogen and oxygen atoms in total. The lowest BCUT2D eigenvalue weighted by molar-refractivity contribution is 0.870. The third kappa shape index (κ3) is 2.99. The molecule has 0 aliphatic heterocycles. The summed E-state index contributed by atoms with van der Waals surface area (Å²) in [4.78, 5) is 16.8. The number of hydrogen-bond donors (Lipinski definition) is 1. The second-order valence-corrected chi connectivity index (χ2v) is 8.25. The Bertz CT molecular complexity index is 880. The zero-order chi connectivity index (χ0) is 15.1. The summed E-state index contributed by atoms with van der Waals surface area (Å²) < 4.78 is 2.26. The second-order valence-electron chi connectivity index (χ2n) is 5.01. The Morgan fingerprint density at radius 1 is 1.41 bits per heavy atom. The van der Waals surface area contributed by atoms with Gasteiger partial charge < -0.3 is 5.32 Å². The fourth-order valence-corrected chi connectivity index (χ4v) is 4.63. The Morgan fingerprint density at radius 3 is 3.09 bits per heavy atom. The van der Waals surface area contributed by atoms with Gasteiger partial charge in [0.1, 0.15) is 5.01 Å². The molecule has 0 unspecified atom stereocenters. The molecule has 0 saturated heterocycles. The Morgan fingerprint density at radius 2 is 2.27 bits per heavy atom. The van der Waals surface area contributed by atoms with Crippen LogP contribution in [0.2, 0.25) is 0 Å². The van der Waals surface area contributed by atoms with Gasteiger partial charge in [-0.1, -0.05) is 34.4 Å². The molecule has 1 fully saturated rings. The van der Waals surface area contributed by atoms with Crippen LogP contribution in [0.5, 0.6) is 0 Å². The highest BCUT2D eigenvalue weighted by Crippen LogP contribution is 2.32. The van der Waals surface area contributed by atoms with Gasteiger partial charge >= 0.3 is 0 Å². The SMILES string of the molecule is Cc1cc(=O)n2nc(CSc3nnc(NC4CC4)s3)sc2n1. The Balaban J connectivity index is 1.47. The first-order valence-electron chi connectivity index (χ1n) is 6.76. The third-order valence-electron chi connectivity index (χ3n) is 3.05. The van der Waals surface area contributed by atoms with Crippen LogP contribution in [0.15, 0.2) is 15.2 Å². The summed E-state index contributed by atoms with van der Waals surface area (Å²) in [5, 5.41) is 17.7. The van der Waals surface area contributed by atoms with Crippen LogP contribution < -0.4 is 10.9 Å². The first-order valence-corrected chi connectivity index (χ1v) is 9.38. The fourth-order valence-electron chi connectivity index (χ4n) is 1.87. The second kappa shape index (κ2) is 5.60. The van der Waals surface area contributed by atoms with Crippen molar-refractivity contribution < 1.29 is 0 Å². The highest BCUT2D eigenvalue weighted by atomic mass is 32.2. The lowest BCUT2D eigenvalue weighted by Gasteiger charge is -1.94. The van der Waals surface area contributed by atoms with Gasteiger partial charge in [0.2, 0.25) is 10.1 Å². The van der Waals surface area contributed by atoms with E-state index in [2.05, 4.69) is 25.6 Å². The van der Waals surface area contributed by atoms with E-state index >= 15 is 0 Å². The molecule has 1 saturated carbocycles. The van der Waals surface area contributed by atoms with Crippen LogP contribution in [0, 0.1) is 6.92 Å². The summed E-state index contributed by atoms with van der Waals surface area (Å²) in [6.07, 6.45) is 2.43. The molecule has 0 bridgehead atoms. The number of thioether (sulfide) groups is 1. The monoisotopic (exact) mass is 352 g/mol. The van der Waals surface area contributed by atoms with Gasteiger partial charge in [0.15, 0.2) is 4.34 Å². The first kappa shape index (κ1) is 14.1. The largest absolute Gasteiger partial charge is 0.357 e. The predicted octanol–water partition coefficient (Wildman–Crippen LogP) is 2.18. The lowest BCUT2D eigenvalue weighted by atomic mass is 10.5. The van der Waals surface area contributed by atoms with Crippen molar-refractivity contribution >= 4 is 44.5 Å². The highest BCUT2D eigenvalue weighted by Gasteiger charge is 2.22. The van der Waals surface area contributed by atoms with Crippen LogP contribution in [0.3, 0.4) is 0 Å². The Kier molecular flexibility index (Phi) is 3.59. The molecule has 4 rings (SSSR count). The minimum atomic E-state index is -0.137. The summed E-state index contributed by atoms with van der Waals surface area (Å²) in [6, 6.07) is 2.07. The number of rotatable bonds is 5. The normalized spacial score (nSPS) is 14.6. The topological polar surface area (TPSA) is 85.1 Å². The van der Waals surface area contributed by atoms with Crippen LogP contribution in [0.25, 0.3) is 4.96 Å². The fraction of sp³-hybridized carbons (Fsp3) is 0.417. The maximum absolute atomic E-state index is 11.8. The maximum Gasteiger partial charge on any atom is 0.275 e. The molecule has 0 aromatic carbocycles. The number of anilines is 1. The maximum atomic E-state index is 11.8. The molecule has 0 atom stereocenters. The summed E-state index contributed by atoms with van der Waals surface area (Å²) in [6.45, 7) is 1.81. The van der Waals surface area contributed by atoms with E-state index in [1.165, 1.54) is 34.8 Å². The van der Waals surface area contributed by atoms with Gasteiger partial charge in [0.05, 0.1) is 5.75 Å². The minimum absolute atomic E-state index is 0.137. The average Bonchev–Trinajstić information content (AvgIpc) is 3.00. The van der Waals surface area contributed by atoms with Crippen LogP contribution in [-0.4, -0.2) is 30.8 Å². The molecule has 3 heterocycles. The van der Waals surface area contributed by atoms with Crippen LogP contribution in [0.4, 0.5) is 5.13 Å². The first-order chi connectivity index (χ1) is 10.7. The van der Waals surface area contributed by atoms with E-state index in [1.54, 1.807) is 23.1 Å². The molecule has 3 aromatic heterocycles. The van der Waals surface area contributed by atoms with Gasteiger partial charge in [-0.2, -0.15) is 9.61 Å². The van der Waals surface area contributed by atoms with Gasteiger partial charge in [0.25, 0.3) is 5.56 Å². The molecule has 3 aromatic rings. The van der Waals surface area contributed by atoms with Gasteiger partial charge in [-0.3, -0.25) is 4.79 Å². The van der Waals surface area contributed by atoms with Crippen molar-refractivity contribution in [3.05, 3.63) is 27.1 Å². The van der Waals surface area contributed by atoms with Gasteiger partial charge in [-0.05, 0) is 19.8 Å². The minimum Gasteiger partial charge on any atom is -0.357 e. The van der Waals surface area contributed by atoms with Gasteiger partial charge in [-0.25, -0.2) is 4.98 Å². The van der Waals surface area contributed by atoms with Crippen LogP contribution in [0.1, 0.15) is 23.5 Å². The number of nitrogens with zero attached hydrogens (tertiary/aromatic N) is 5. The number of hydrogen-bond acceptors (Lipinski definition) is 9. The number of aromatic nitrogens is 5. The van der Waals surface area contributed by atoms with E-state index in [-0.39, 0.29) is 5.56 Å².